The average molecular weight is 290 g/mol. The fourth-order valence-electron chi connectivity index (χ4n) is 1.82. The molecule has 19 heavy (non-hydrogen) atoms. The lowest BCUT2D eigenvalue weighted by Gasteiger charge is -2.21. The first kappa shape index (κ1) is 12.4. The third-order valence-corrected chi connectivity index (χ3v) is 4.43. The van der Waals surface area contributed by atoms with Crippen molar-refractivity contribution in [2.24, 2.45) is 0 Å². The minimum Gasteiger partial charge on any atom is -0.273 e. The van der Waals surface area contributed by atoms with Crippen LogP contribution < -0.4 is 4.90 Å². The molecule has 6 heteroatoms. The summed E-state index contributed by atoms with van der Waals surface area (Å²) in [6.07, 6.45) is 0. The van der Waals surface area contributed by atoms with Crippen molar-refractivity contribution >= 4 is 40.0 Å². The molecule has 0 atom stereocenters. The number of thioether (sulfide) groups is 1. The number of carbonyl (C=O) groups is 2. The molecule has 2 aromatic rings. The van der Waals surface area contributed by atoms with Crippen molar-refractivity contribution in [3.8, 4) is 11.3 Å². The summed E-state index contributed by atoms with van der Waals surface area (Å²) in [5.41, 5.74) is 1.77. The first-order chi connectivity index (χ1) is 9.25. The number of benzene rings is 1. The quantitative estimate of drug-likeness (QED) is 0.797. The zero-order valence-electron chi connectivity index (χ0n) is 9.91. The Bertz CT molecular complexity index is 609. The van der Waals surface area contributed by atoms with Gasteiger partial charge in [0.2, 0.25) is 11.8 Å². The van der Waals surface area contributed by atoms with Gasteiger partial charge in [0, 0.05) is 10.9 Å². The lowest BCUT2D eigenvalue weighted by Crippen LogP contribution is -2.43. The Labute approximate surface area is 118 Å². The highest BCUT2D eigenvalue weighted by atomic mass is 32.2. The predicted molar refractivity (Wildman–Crippen MR) is 77.4 cm³/mol. The van der Waals surface area contributed by atoms with Crippen molar-refractivity contribution in [2.45, 2.75) is 0 Å². The number of thiazole rings is 1. The number of carbonyl (C=O) groups excluding carboxylic acids is 2. The van der Waals surface area contributed by atoms with E-state index in [4.69, 9.17) is 0 Å². The molecule has 1 fully saturated rings. The van der Waals surface area contributed by atoms with Crippen LogP contribution in [0, 0.1) is 0 Å². The molecule has 2 amide bonds. The Balaban J connectivity index is 1.93. The second-order valence-electron chi connectivity index (χ2n) is 4.00. The molecular weight excluding hydrogens is 280 g/mol. The number of amides is 2. The minimum absolute atomic E-state index is 0.185. The molecule has 1 aromatic carbocycles. The van der Waals surface area contributed by atoms with Crippen molar-refractivity contribution < 1.29 is 9.59 Å². The van der Waals surface area contributed by atoms with Gasteiger partial charge in [-0.25, -0.2) is 9.88 Å². The van der Waals surface area contributed by atoms with Gasteiger partial charge in [-0.2, -0.15) is 0 Å². The predicted octanol–water partition coefficient (Wildman–Crippen LogP) is 2.42. The number of hydrogen-bond acceptors (Lipinski definition) is 5. The van der Waals surface area contributed by atoms with Crippen LogP contribution in [-0.2, 0) is 9.59 Å². The van der Waals surface area contributed by atoms with Crippen LogP contribution in [0.1, 0.15) is 0 Å². The van der Waals surface area contributed by atoms with E-state index in [1.54, 1.807) is 0 Å². The number of nitrogens with zero attached hydrogens (tertiary/aromatic N) is 2. The number of hydrogen-bond donors (Lipinski definition) is 0. The van der Waals surface area contributed by atoms with Crippen molar-refractivity contribution in [1.29, 1.82) is 0 Å². The Morgan fingerprint density at radius 3 is 2.42 bits per heavy atom. The van der Waals surface area contributed by atoms with Gasteiger partial charge in [0.25, 0.3) is 0 Å². The van der Waals surface area contributed by atoms with Gasteiger partial charge in [-0.05, 0) is 0 Å². The van der Waals surface area contributed by atoms with E-state index in [0.717, 1.165) is 11.3 Å². The highest BCUT2D eigenvalue weighted by molar-refractivity contribution is 8.00. The van der Waals surface area contributed by atoms with Crippen LogP contribution in [-0.4, -0.2) is 28.3 Å². The molecular formula is C13H10N2O2S2. The van der Waals surface area contributed by atoms with Gasteiger partial charge in [-0.3, -0.25) is 9.59 Å². The van der Waals surface area contributed by atoms with Crippen LogP contribution in [0.4, 0.5) is 5.13 Å². The molecule has 0 aliphatic carbocycles. The van der Waals surface area contributed by atoms with Crippen molar-refractivity contribution in [2.75, 3.05) is 16.4 Å². The first-order valence-corrected chi connectivity index (χ1v) is 7.73. The van der Waals surface area contributed by atoms with E-state index < -0.39 is 0 Å². The SMILES string of the molecule is O=C1CSCC(=O)N1c1nc(-c2ccccc2)cs1. The summed E-state index contributed by atoms with van der Waals surface area (Å²) < 4.78 is 0. The average Bonchev–Trinajstić information content (AvgIpc) is 2.89. The molecule has 0 bridgehead atoms. The first-order valence-electron chi connectivity index (χ1n) is 5.70. The van der Waals surface area contributed by atoms with Crippen molar-refractivity contribution in [1.82, 2.24) is 4.98 Å². The Kier molecular flexibility index (Phi) is 3.35. The van der Waals surface area contributed by atoms with Gasteiger partial charge in [0.1, 0.15) is 0 Å². The largest absolute Gasteiger partial charge is 0.273 e. The monoisotopic (exact) mass is 290 g/mol. The van der Waals surface area contributed by atoms with E-state index in [1.165, 1.54) is 28.0 Å². The van der Waals surface area contributed by atoms with E-state index >= 15 is 0 Å². The highest BCUT2D eigenvalue weighted by Crippen LogP contribution is 2.29. The van der Waals surface area contributed by atoms with Crippen LogP contribution in [0.5, 0.6) is 0 Å². The van der Waals surface area contributed by atoms with Gasteiger partial charge in [0.15, 0.2) is 5.13 Å². The van der Waals surface area contributed by atoms with Crippen LogP contribution >= 0.6 is 23.1 Å². The molecule has 1 aliphatic heterocycles. The Hall–Kier alpha value is -1.66. The van der Waals surface area contributed by atoms with E-state index in [1.807, 2.05) is 35.7 Å². The normalized spacial score (nSPS) is 15.9. The number of imide groups is 1. The van der Waals surface area contributed by atoms with Crippen molar-refractivity contribution in [3.63, 3.8) is 0 Å². The third kappa shape index (κ3) is 2.41. The van der Waals surface area contributed by atoms with Crippen LogP contribution in [0.25, 0.3) is 11.3 Å². The van der Waals surface area contributed by atoms with Crippen molar-refractivity contribution in [3.05, 3.63) is 35.7 Å². The fourth-order valence-corrected chi connectivity index (χ4v) is 3.39. The molecule has 1 saturated heterocycles. The second-order valence-corrected chi connectivity index (χ2v) is 5.82. The van der Waals surface area contributed by atoms with Crippen LogP contribution in [0.15, 0.2) is 35.7 Å². The number of rotatable bonds is 2. The molecule has 1 aliphatic rings. The van der Waals surface area contributed by atoms with Gasteiger partial charge >= 0.3 is 0 Å². The summed E-state index contributed by atoms with van der Waals surface area (Å²) in [6, 6.07) is 9.71. The molecule has 0 N–H and O–H groups in total. The Morgan fingerprint density at radius 1 is 1.05 bits per heavy atom. The zero-order valence-corrected chi connectivity index (χ0v) is 11.5. The smallest absolute Gasteiger partial charge is 0.245 e. The van der Waals surface area contributed by atoms with E-state index in [0.29, 0.717) is 16.6 Å². The molecule has 3 rings (SSSR count). The van der Waals surface area contributed by atoms with E-state index in [-0.39, 0.29) is 11.8 Å². The molecule has 0 unspecified atom stereocenters. The Morgan fingerprint density at radius 2 is 1.74 bits per heavy atom. The van der Waals surface area contributed by atoms with E-state index in [2.05, 4.69) is 4.98 Å². The maximum absolute atomic E-state index is 11.8. The molecule has 96 valence electrons. The molecule has 0 saturated carbocycles. The third-order valence-electron chi connectivity index (χ3n) is 2.70. The number of aromatic nitrogens is 1. The summed E-state index contributed by atoms with van der Waals surface area (Å²) >= 11 is 2.67. The fraction of sp³-hybridized carbons (Fsp3) is 0.154. The topological polar surface area (TPSA) is 50.3 Å². The minimum atomic E-state index is -0.185. The molecule has 1 aromatic heterocycles. The number of anilines is 1. The highest BCUT2D eigenvalue weighted by Gasteiger charge is 2.30. The molecule has 0 radical (unpaired) electrons. The summed E-state index contributed by atoms with van der Waals surface area (Å²) in [5.74, 6) is 0.309. The van der Waals surface area contributed by atoms with Gasteiger partial charge < -0.3 is 0 Å². The van der Waals surface area contributed by atoms with Crippen LogP contribution in [0.2, 0.25) is 0 Å². The zero-order chi connectivity index (χ0) is 13.2. The van der Waals surface area contributed by atoms with Gasteiger partial charge in [0.05, 0.1) is 17.2 Å². The summed E-state index contributed by atoms with van der Waals surface area (Å²) in [5, 5.41) is 2.33. The lowest BCUT2D eigenvalue weighted by molar-refractivity contribution is -0.124. The van der Waals surface area contributed by atoms with Crippen LogP contribution in [0.3, 0.4) is 0 Å². The summed E-state index contributed by atoms with van der Waals surface area (Å²) in [4.78, 5) is 29.2. The summed E-state index contributed by atoms with van der Waals surface area (Å²) in [6.45, 7) is 0. The van der Waals surface area contributed by atoms with Gasteiger partial charge in [-0.15, -0.1) is 23.1 Å². The summed E-state index contributed by atoms with van der Waals surface area (Å²) in [7, 11) is 0. The maximum Gasteiger partial charge on any atom is 0.245 e. The standard InChI is InChI=1S/C13H10N2O2S2/c16-11-7-18-8-12(17)15(11)13-14-10(6-19-13)9-4-2-1-3-5-9/h1-6H,7-8H2. The maximum atomic E-state index is 11.8. The lowest BCUT2D eigenvalue weighted by atomic mass is 10.2. The second kappa shape index (κ2) is 5.14. The molecule has 4 nitrogen and oxygen atoms in total. The molecule has 0 spiro atoms. The van der Waals surface area contributed by atoms with E-state index in [9.17, 15) is 9.59 Å². The molecule has 2 heterocycles. The van der Waals surface area contributed by atoms with Gasteiger partial charge in [-0.1, -0.05) is 30.3 Å².